The highest BCUT2D eigenvalue weighted by molar-refractivity contribution is 6.43. The summed E-state index contributed by atoms with van der Waals surface area (Å²) >= 11 is 11.8. The van der Waals surface area contributed by atoms with Gasteiger partial charge in [0.15, 0.2) is 0 Å². The molecule has 2 amide bonds. The molecule has 0 saturated carbocycles. The summed E-state index contributed by atoms with van der Waals surface area (Å²) in [5.41, 5.74) is 1.38. The molecule has 0 radical (unpaired) electrons. The molecule has 0 bridgehead atoms. The van der Waals surface area contributed by atoms with Gasteiger partial charge in [0, 0.05) is 6.54 Å². The molecule has 0 saturated heterocycles. The molecule has 1 aliphatic heterocycles. The second-order valence-corrected chi connectivity index (χ2v) is 6.45. The molecule has 0 atom stereocenters. The Morgan fingerprint density at radius 3 is 2.00 bits per heavy atom. The fourth-order valence-corrected chi connectivity index (χ4v) is 2.93. The third kappa shape index (κ3) is 3.15. The third-order valence-corrected chi connectivity index (χ3v) is 4.48. The van der Waals surface area contributed by atoms with Crippen molar-refractivity contribution in [2.24, 2.45) is 0 Å². The van der Waals surface area contributed by atoms with Gasteiger partial charge < -0.3 is 0 Å². The van der Waals surface area contributed by atoms with Gasteiger partial charge in [-0.1, -0.05) is 35.3 Å². The average molecular weight is 367 g/mol. The van der Waals surface area contributed by atoms with Crippen molar-refractivity contribution in [1.82, 2.24) is 9.80 Å². The fourth-order valence-electron chi connectivity index (χ4n) is 2.61. The Labute approximate surface area is 148 Å². The minimum Gasteiger partial charge on any atom is -0.284 e. The molecular formula is C17H13Cl2FN2O2. The first kappa shape index (κ1) is 16.9. The number of imide groups is 1. The lowest BCUT2D eigenvalue weighted by Gasteiger charge is -2.22. The normalized spacial score (nSPS) is 13.8. The molecule has 1 heterocycles. The van der Waals surface area contributed by atoms with Crippen LogP contribution in [-0.4, -0.2) is 35.3 Å². The maximum Gasteiger partial charge on any atom is 0.262 e. The Morgan fingerprint density at radius 1 is 1.00 bits per heavy atom. The largest absolute Gasteiger partial charge is 0.284 e. The number of fused-ring (bicyclic) bond motifs is 1. The lowest BCUT2D eigenvalue weighted by atomic mass is 10.1. The molecule has 0 fully saturated rings. The summed E-state index contributed by atoms with van der Waals surface area (Å²) in [5, 5.41) is 0.469. The quantitative estimate of drug-likeness (QED) is 0.772. The summed E-state index contributed by atoms with van der Waals surface area (Å²) in [6.45, 7) is 0.578. The van der Waals surface area contributed by atoms with Crippen LogP contribution in [0, 0.1) is 5.82 Å². The van der Waals surface area contributed by atoms with Crippen LogP contribution in [0.25, 0.3) is 0 Å². The Hall–Kier alpha value is -1.95. The second kappa shape index (κ2) is 6.51. The molecule has 124 valence electrons. The topological polar surface area (TPSA) is 40.6 Å². The summed E-state index contributed by atoms with van der Waals surface area (Å²) in [5.74, 6) is -1.12. The molecule has 3 rings (SSSR count). The highest BCUT2D eigenvalue weighted by atomic mass is 35.5. The molecule has 0 N–H and O–H groups in total. The Morgan fingerprint density at radius 2 is 1.50 bits per heavy atom. The first-order valence-corrected chi connectivity index (χ1v) is 7.90. The third-order valence-electron chi connectivity index (χ3n) is 3.76. The van der Waals surface area contributed by atoms with E-state index in [4.69, 9.17) is 23.2 Å². The lowest BCUT2D eigenvalue weighted by molar-refractivity contribution is 0.0559. The zero-order chi connectivity index (χ0) is 17.4. The standard InChI is InChI=1S/C17H13Cl2FN2O2/c1-21(8-10-2-4-11(20)5-3-10)9-22-16(23)12-6-14(18)15(19)7-13(12)17(22)24/h2-7H,8-9H2,1H3. The smallest absolute Gasteiger partial charge is 0.262 e. The summed E-state index contributed by atoms with van der Waals surface area (Å²) in [6.07, 6.45) is 0. The molecule has 0 unspecified atom stereocenters. The van der Waals surface area contributed by atoms with E-state index in [-0.39, 0.29) is 33.7 Å². The number of carbonyl (C=O) groups excluding carboxylic acids is 2. The summed E-state index contributed by atoms with van der Waals surface area (Å²) in [6, 6.07) is 8.89. The first-order chi connectivity index (χ1) is 11.4. The van der Waals surface area contributed by atoms with Gasteiger partial charge in [-0.25, -0.2) is 4.39 Å². The van der Waals surface area contributed by atoms with Crippen molar-refractivity contribution >= 4 is 35.0 Å². The Kier molecular flexibility index (Phi) is 4.58. The van der Waals surface area contributed by atoms with E-state index in [1.54, 1.807) is 24.1 Å². The predicted molar refractivity (Wildman–Crippen MR) is 89.7 cm³/mol. The van der Waals surface area contributed by atoms with Gasteiger partial charge in [-0.3, -0.25) is 19.4 Å². The van der Waals surface area contributed by atoms with Gasteiger partial charge in [-0.15, -0.1) is 0 Å². The van der Waals surface area contributed by atoms with Crippen molar-refractivity contribution in [2.75, 3.05) is 13.7 Å². The van der Waals surface area contributed by atoms with E-state index in [1.807, 2.05) is 0 Å². The summed E-state index contributed by atoms with van der Waals surface area (Å²) < 4.78 is 12.9. The van der Waals surface area contributed by atoms with Crippen LogP contribution in [0.3, 0.4) is 0 Å². The Balaban J connectivity index is 1.75. The average Bonchev–Trinajstić information content (AvgIpc) is 2.75. The molecule has 0 spiro atoms. The lowest BCUT2D eigenvalue weighted by Crippen LogP contribution is -2.39. The Bertz CT molecular complexity index is 783. The van der Waals surface area contributed by atoms with E-state index in [1.165, 1.54) is 24.3 Å². The van der Waals surface area contributed by atoms with Crippen LogP contribution in [0.15, 0.2) is 36.4 Å². The monoisotopic (exact) mass is 366 g/mol. The van der Waals surface area contributed by atoms with Gasteiger partial charge in [-0.05, 0) is 36.9 Å². The van der Waals surface area contributed by atoms with Gasteiger partial charge in [0.25, 0.3) is 11.8 Å². The van der Waals surface area contributed by atoms with Crippen molar-refractivity contribution < 1.29 is 14.0 Å². The number of halogens is 3. The van der Waals surface area contributed by atoms with Crippen molar-refractivity contribution in [3.8, 4) is 0 Å². The maximum atomic E-state index is 12.9. The highest BCUT2D eigenvalue weighted by Crippen LogP contribution is 2.31. The van der Waals surface area contributed by atoms with Crippen LogP contribution in [0.5, 0.6) is 0 Å². The van der Waals surface area contributed by atoms with Gasteiger partial charge in [0.2, 0.25) is 0 Å². The second-order valence-electron chi connectivity index (χ2n) is 5.63. The van der Waals surface area contributed by atoms with E-state index in [2.05, 4.69) is 0 Å². The summed E-state index contributed by atoms with van der Waals surface area (Å²) in [4.78, 5) is 27.8. The number of hydrogen-bond donors (Lipinski definition) is 0. The number of amides is 2. The van der Waals surface area contributed by atoms with Crippen LogP contribution in [0.4, 0.5) is 4.39 Å². The van der Waals surface area contributed by atoms with Crippen molar-refractivity contribution in [3.05, 3.63) is 69.0 Å². The molecule has 7 heteroatoms. The number of benzene rings is 2. The molecule has 2 aromatic rings. The van der Waals surface area contributed by atoms with Crippen molar-refractivity contribution in [2.45, 2.75) is 6.54 Å². The van der Waals surface area contributed by atoms with Crippen LogP contribution in [-0.2, 0) is 6.54 Å². The van der Waals surface area contributed by atoms with Crippen LogP contribution in [0.1, 0.15) is 26.3 Å². The highest BCUT2D eigenvalue weighted by Gasteiger charge is 2.36. The van der Waals surface area contributed by atoms with Crippen LogP contribution in [0.2, 0.25) is 10.0 Å². The number of carbonyl (C=O) groups is 2. The number of hydrogen-bond acceptors (Lipinski definition) is 3. The SMILES string of the molecule is CN(Cc1ccc(F)cc1)CN1C(=O)c2cc(Cl)c(Cl)cc2C1=O. The molecule has 0 aliphatic carbocycles. The predicted octanol–water partition coefficient (Wildman–Crippen LogP) is 3.82. The molecule has 4 nitrogen and oxygen atoms in total. The zero-order valence-corrected chi connectivity index (χ0v) is 14.2. The number of nitrogens with zero attached hydrogens (tertiary/aromatic N) is 2. The maximum absolute atomic E-state index is 12.9. The van der Waals surface area contributed by atoms with E-state index >= 15 is 0 Å². The minimum atomic E-state index is -0.403. The van der Waals surface area contributed by atoms with E-state index in [0.717, 1.165) is 10.5 Å². The van der Waals surface area contributed by atoms with Gasteiger partial charge in [0.1, 0.15) is 5.82 Å². The molecule has 0 aromatic heterocycles. The van der Waals surface area contributed by atoms with E-state index in [0.29, 0.717) is 6.54 Å². The van der Waals surface area contributed by atoms with Gasteiger partial charge >= 0.3 is 0 Å². The first-order valence-electron chi connectivity index (χ1n) is 7.15. The van der Waals surface area contributed by atoms with Gasteiger partial charge in [-0.2, -0.15) is 0 Å². The molecule has 1 aliphatic rings. The summed E-state index contributed by atoms with van der Waals surface area (Å²) in [7, 11) is 1.77. The van der Waals surface area contributed by atoms with Crippen LogP contribution >= 0.6 is 23.2 Å². The van der Waals surface area contributed by atoms with Crippen molar-refractivity contribution in [1.29, 1.82) is 0 Å². The fraction of sp³-hybridized carbons (Fsp3) is 0.176. The van der Waals surface area contributed by atoms with Crippen LogP contribution < -0.4 is 0 Å². The van der Waals surface area contributed by atoms with E-state index < -0.39 is 11.8 Å². The molecule has 2 aromatic carbocycles. The van der Waals surface area contributed by atoms with E-state index in [9.17, 15) is 14.0 Å². The molecule has 24 heavy (non-hydrogen) atoms. The zero-order valence-electron chi connectivity index (χ0n) is 12.7. The number of rotatable bonds is 4. The molecular weight excluding hydrogens is 354 g/mol. The minimum absolute atomic E-state index is 0.110. The van der Waals surface area contributed by atoms with Crippen molar-refractivity contribution in [3.63, 3.8) is 0 Å². The van der Waals surface area contributed by atoms with Gasteiger partial charge in [0.05, 0.1) is 27.8 Å².